The lowest BCUT2D eigenvalue weighted by molar-refractivity contribution is -0.121. The van der Waals surface area contributed by atoms with Crippen molar-refractivity contribution in [2.24, 2.45) is 0 Å². The first-order valence-corrected chi connectivity index (χ1v) is 10.3. The first-order valence-electron chi connectivity index (χ1n) is 8.86. The monoisotopic (exact) mass is 416 g/mol. The lowest BCUT2D eigenvalue weighted by Crippen LogP contribution is -2.38. The van der Waals surface area contributed by atoms with Crippen LogP contribution < -0.4 is 10.1 Å². The van der Waals surface area contributed by atoms with Crippen molar-refractivity contribution >= 4 is 26.7 Å². The molecule has 0 aromatic heterocycles. The van der Waals surface area contributed by atoms with Crippen LogP contribution in [0.3, 0.4) is 0 Å². The zero-order valence-electron chi connectivity index (χ0n) is 16.1. The Kier molecular flexibility index (Phi) is 6.14. The minimum atomic E-state index is -4.11. The Morgan fingerprint density at radius 1 is 1.10 bits per heavy atom. The molecule has 0 aliphatic heterocycles. The maximum Gasteiger partial charge on any atom is 0.247 e. The van der Waals surface area contributed by atoms with Crippen molar-refractivity contribution in [3.63, 3.8) is 0 Å². The molecule has 0 aliphatic carbocycles. The van der Waals surface area contributed by atoms with Gasteiger partial charge in [0.2, 0.25) is 15.9 Å². The van der Waals surface area contributed by atoms with Crippen molar-refractivity contribution in [1.82, 2.24) is 9.62 Å². The molecule has 0 spiro atoms. The van der Waals surface area contributed by atoms with Crippen LogP contribution in [-0.4, -0.2) is 39.3 Å². The topological polar surface area (TPSA) is 75.7 Å². The molecular formula is C21H21FN2O4S. The molecule has 6 nitrogen and oxygen atoms in total. The molecule has 29 heavy (non-hydrogen) atoms. The summed E-state index contributed by atoms with van der Waals surface area (Å²) in [5.74, 6) is -1.17. The molecular weight excluding hydrogens is 395 g/mol. The van der Waals surface area contributed by atoms with E-state index in [9.17, 15) is 17.6 Å². The third kappa shape index (κ3) is 4.55. The van der Waals surface area contributed by atoms with E-state index in [1.807, 2.05) is 42.5 Å². The molecule has 152 valence electrons. The number of carbonyl (C=O) groups excluding carboxylic acids is 1. The van der Waals surface area contributed by atoms with E-state index in [-0.39, 0.29) is 17.2 Å². The van der Waals surface area contributed by atoms with Gasteiger partial charge in [-0.25, -0.2) is 12.8 Å². The number of methoxy groups -OCH3 is 1. The van der Waals surface area contributed by atoms with Crippen LogP contribution in [0.15, 0.2) is 65.6 Å². The Labute approximate surface area is 169 Å². The molecule has 0 unspecified atom stereocenters. The van der Waals surface area contributed by atoms with Crippen LogP contribution in [0.4, 0.5) is 4.39 Å². The van der Waals surface area contributed by atoms with Gasteiger partial charge >= 0.3 is 0 Å². The summed E-state index contributed by atoms with van der Waals surface area (Å²) >= 11 is 0. The average molecular weight is 416 g/mol. The van der Waals surface area contributed by atoms with E-state index in [1.165, 1.54) is 20.2 Å². The Balaban J connectivity index is 1.71. The second-order valence-corrected chi connectivity index (χ2v) is 8.48. The van der Waals surface area contributed by atoms with E-state index < -0.39 is 28.3 Å². The zero-order valence-corrected chi connectivity index (χ0v) is 16.9. The molecule has 0 saturated heterocycles. The Hall–Kier alpha value is -2.97. The molecule has 1 N–H and O–H groups in total. The fourth-order valence-corrected chi connectivity index (χ4v) is 4.29. The Morgan fingerprint density at radius 3 is 2.59 bits per heavy atom. The molecule has 0 saturated carbocycles. The highest BCUT2D eigenvalue weighted by Gasteiger charge is 2.27. The SMILES string of the molecule is COc1ccc(F)cc1S(=O)(=O)N(C)CC(=O)NCc1cccc2ccccc12. The van der Waals surface area contributed by atoms with Gasteiger partial charge in [-0.05, 0) is 34.5 Å². The van der Waals surface area contributed by atoms with Gasteiger partial charge in [0.05, 0.1) is 13.7 Å². The van der Waals surface area contributed by atoms with Crippen LogP contribution >= 0.6 is 0 Å². The second-order valence-electron chi connectivity index (χ2n) is 6.47. The average Bonchev–Trinajstić information content (AvgIpc) is 2.72. The van der Waals surface area contributed by atoms with Gasteiger partial charge in [-0.15, -0.1) is 0 Å². The summed E-state index contributed by atoms with van der Waals surface area (Å²) in [4.78, 5) is 12.0. The Morgan fingerprint density at radius 2 is 1.83 bits per heavy atom. The van der Waals surface area contributed by atoms with E-state index in [0.717, 1.165) is 32.8 Å². The number of amides is 1. The molecule has 1 amide bonds. The smallest absolute Gasteiger partial charge is 0.247 e. The van der Waals surface area contributed by atoms with Gasteiger partial charge < -0.3 is 10.1 Å². The number of sulfonamides is 1. The summed E-state index contributed by atoms with van der Waals surface area (Å²) in [6.07, 6.45) is 0. The van der Waals surface area contributed by atoms with Crippen LogP contribution in [0.25, 0.3) is 10.8 Å². The predicted octanol–water partition coefficient (Wildman–Crippen LogP) is 2.92. The fraction of sp³-hybridized carbons (Fsp3) is 0.190. The van der Waals surface area contributed by atoms with Gasteiger partial charge in [-0.2, -0.15) is 4.31 Å². The molecule has 3 rings (SSSR count). The summed E-state index contributed by atoms with van der Waals surface area (Å²) in [6.45, 7) is -0.149. The lowest BCUT2D eigenvalue weighted by atomic mass is 10.0. The summed E-state index contributed by atoms with van der Waals surface area (Å²) in [5, 5.41) is 4.80. The molecule has 3 aromatic rings. The number of benzene rings is 3. The van der Waals surface area contributed by atoms with Gasteiger partial charge in [0.15, 0.2) is 0 Å². The number of nitrogens with one attached hydrogen (secondary N) is 1. The van der Waals surface area contributed by atoms with Gasteiger partial charge in [-0.1, -0.05) is 42.5 Å². The highest BCUT2D eigenvalue weighted by Crippen LogP contribution is 2.26. The summed E-state index contributed by atoms with van der Waals surface area (Å²) < 4.78 is 44.9. The number of likely N-dealkylation sites (N-methyl/N-ethyl adjacent to an activating group) is 1. The normalized spacial score (nSPS) is 11.6. The van der Waals surface area contributed by atoms with Crippen molar-refractivity contribution in [3.05, 3.63) is 72.0 Å². The summed E-state index contributed by atoms with van der Waals surface area (Å²) in [6, 6.07) is 16.8. The first-order chi connectivity index (χ1) is 13.8. The van der Waals surface area contributed by atoms with Crippen molar-refractivity contribution in [2.45, 2.75) is 11.4 Å². The van der Waals surface area contributed by atoms with E-state index in [1.54, 1.807) is 0 Å². The highest BCUT2D eigenvalue weighted by atomic mass is 32.2. The van der Waals surface area contributed by atoms with Crippen molar-refractivity contribution < 1.29 is 22.3 Å². The number of carbonyl (C=O) groups is 1. The van der Waals surface area contributed by atoms with Gasteiger partial charge in [0, 0.05) is 13.6 Å². The van der Waals surface area contributed by atoms with E-state index in [4.69, 9.17) is 4.74 Å². The van der Waals surface area contributed by atoms with Gasteiger partial charge in [-0.3, -0.25) is 4.79 Å². The van der Waals surface area contributed by atoms with E-state index in [0.29, 0.717) is 0 Å². The van der Waals surface area contributed by atoms with Crippen molar-refractivity contribution in [2.75, 3.05) is 20.7 Å². The molecule has 0 fully saturated rings. The van der Waals surface area contributed by atoms with Crippen molar-refractivity contribution in [3.8, 4) is 5.75 Å². The third-order valence-corrected chi connectivity index (χ3v) is 6.36. The maximum atomic E-state index is 13.6. The second kappa shape index (κ2) is 8.59. The molecule has 3 aromatic carbocycles. The standard InChI is InChI=1S/C21H21FN2O4S/c1-24(29(26,27)20-12-17(22)10-11-19(20)28-2)14-21(25)23-13-16-8-5-7-15-6-3-4-9-18(15)16/h3-12H,13-14H2,1-2H3,(H,23,25). The maximum absolute atomic E-state index is 13.6. The lowest BCUT2D eigenvalue weighted by Gasteiger charge is -2.18. The third-order valence-electron chi connectivity index (χ3n) is 4.54. The van der Waals surface area contributed by atoms with E-state index >= 15 is 0 Å². The minimum Gasteiger partial charge on any atom is -0.495 e. The zero-order chi connectivity index (χ0) is 21.0. The Bertz CT molecular complexity index is 1140. The molecule has 0 heterocycles. The van der Waals surface area contributed by atoms with Crippen LogP contribution in [0, 0.1) is 5.82 Å². The van der Waals surface area contributed by atoms with Crippen LogP contribution in [0.1, 0.15) is 5.56 Å². The quantitative estimate of drug-likeness (QED) is 0.643. The number of hydrogen-bond donors (Lipinski definition) is 1. The van der Waals surface area contributed by atoms with Gasteiger partial charge in [0.25, 0.3) is 0 Å². The molecule has 0 aliphatic rings. The molecule has 0 radical (unpaired) electrons. The molecule has 0 atom stereocenters. The predicted molar refractivity (Wildman–Crippen MR) is 109 cm³/mol. The highest BCUT2D eigenvalue weighted by molar-refractivity contribution is 7.89. The number of nitrogens with zero attached hydrogens (tertiary/aromatic N) is 1. The molecule has 0 bridgehead atoms. The van der Waals surface area contributed by atoms with Crippen LogP contribution in [-0.2, 0) is 21.4 Å². The largest absolute Gasteiger partial charge is 0.495 e. The number of fused-ring (bicyclic) bond motifs is 1. The van der Waals surface area contributed by atoms with E-state index in [2.05, 4.69) is 5.32 Å². The minimum absolute atomic E-state index is 0.00872. The van der Waals surface area contributed by atoms with Crippen LogP contribution in [0.5, 0.6) is 5.75 Å². The van der Waals surface area contributed by atoms with Gasteiger partial charge in [0.1, 0.15) is 16.5 Å². The number of ether oxygens (including phenoxy) is 1. The number of halogens is 1. The fourth-order valence-electron chi connectivity index (χ4n) is 3.00. The van der Waals surface area contributed by atoms with Crippen molar-refractivity contribution in [1.29, 1.82) is 0 Å². The summed E-state index contributed by atoms with van der Waals surface area (Å²) in [5.41, 5.74) is 0.925. The van der Waals surface area contributed by atoms with Crippen LogP contribution in [0.2, 0.25) is 0 Å². The number of hydrogen-bond acceptors (Lipinski definition) is 4. The molecule has 8 heteroatoms. The summed E-state index contributed by atoms with van der Waals surface area (Å²) in [7, 11) is -1.55. The number of rotatable bonds is 7. The first kappa shape index (κ1) is 20.8.